The van der Waals surface area contributed by atoms with Gasteiger partial charge in [-0.2, -0.15) is 0 Å². The fourth-order valence-electron chi connectivity index (χ4n) is 7.07. The maximum atomic E-state index is 6.46. The number of fused-ring (bicyclic) bond motifs is 7. The zero-order valence-electron chi connectivity index (χ0n) is 24.5. The Labute approximate surface area is 255 Å². The predicted molar refractivity (Wildman–Crippen MR) is 181 cm³/mol. The molecular formula is C41H28N2O. The largest absolute Gasteiger partial charge is 0.455 e. The Morgan fingerprint density at radius 2 is 1.18 bits per heavy atom. The van der Waals surface area contributed by atoms with Gasteiger partial charge in [0.15, 0.2) is 5.82 Å². The van der Waals surface area contributed by atoms with Crippen molar-refractivity contribution in [1.82, 2.24) is 9.97 Å². The average molecular weight is 565 g/mol. The summed E-state index contributed by atoms with van der Waals surface area (Å²) in [6, 6.07) is 46.9. The van der Waals surface area contributed by atoms with Crippen LogP contribution in [0, 0.1) is 0 Å². The summed E-state index contributed by atoms with van der Waals surface area (Å²) < 4.78 is 6.46. The van der Waals surface area contributed by atoms with Crippen LogP contribution in [0.1, 0.15) is 25.0 Å². The van der Waals surface area contributed by atoms with Crippen molar-refractivity contribution in [2.24, 2.45) is 0 Å². The van der Waals surface area contributed by atoms with Gasteiger partial charge in [0.05, 0.1) is 11.4 Å². The molecule has 2 aromatic heterocycles. The Bertz CT molecular complexity index is 2420. The molecule has 44 heavy (non-hydrogen) atoms. The van der Waals surface area contributed by atoms with Gasteiger partial charge in [-0.25, -0.2) is 9.97 Å². The topological polar surface area (TPSA) is 38.9 Å². The van der Waals surface area contributed by atoms with E-state index < -0.39 is 0 Å². The summed E-state index contributed by atoms with van der Waals surface area (Å²) in [5, 5.41) is 4.70. The van der Waals surface area contributed by atoms with Crippen LogP contribution >= 0.6 is 0 Å². The number of hydrogen-bond donors (Lipinski definition) is 0. The van der Waals surface area contributed by atoms with Crippen molar-refractivity contribution in [3.63, 3.8) is 0 Å². The molecule has 0 spiro atoms. The lowest BCUT2D eigenvalue weighted by atomic mass is 9.81. The fraction of sp³-hybridized carbons (Fsp3) is 0.0732. The van der Waals surface area contributed by atoms with Crippen molar-refractivity contribution < 1.29 is 4.42 Å². The van der Waals surface area contributed by atoms with Crippen LogP contribution in [-0.4, -0.2) is 9.97 Å². The van der Waals surface area contributed by atoms with Crippen LogP contribution in [0.25, 0.3) is 77.7 Å². The standard InChI is InChI=1S/C41H28N2O/c1-41(2)33-20-11-18-30(38(33)32-22-26-14-6-7-15-27(26)23-34(32)41)35-24-36(43-40(42-35)25-12-4-3-5-13-25)31-19-10-17-29-28-16-8-9-21-37(28)44-39(29)31/h3-24H,1-2H3. The van der Waals surface area contributed by atoms with Crippen molar-refractivity contribution in [2.75, 3.05) is 0 Å². The lowest BCUT2D eigenvalue weighted by Crippen LogP contribution is -2.14. The Kier molecular flexibility index (Phi) is 5.24. The number of rotatable bonds is 3. The minimum absolute atomic E-state index is 0.136. The van der Waals surface area contributed by atoms with E-state index in [4.69, 9.17) is 14.4 Å². The van der Waals surface area contributed by atoms with Crippen LogP contribution in [0.3, 0.4) is 0 Å². The van der Waals surface area contributed by atoms with Crippen LogP contribution < -0.4 is 0 Å². The molecule has 3 heteroatoms. The van der Waals surface area contributed by atoms with Gasteiger partial charge in [0.25, 0.3) is 0 Å². The Morgan fingerprint density at radius 1 is 0.523 bits per heavy atom. The molecule has 0 bridgehead atoms. The molecule has 6 aromatic carbocycles. The van der Waals surface area contributed by atoms with Crippen molar-refractivity contribution in [2.45, 2.75) is 19.3 Å². The zero-order chi connectivity index (χ0) is 29.4. The van der Waals surface area contributed by atoms with Crippen molar-refractivity contribution >= 4 is 32.7 Å². The maximum Gasteiger partial charge on any atom is 0.160 e. The van der Waals surface area contributed by atoms with E-state index in [-0.39, 0.29) is 5.41 Å². The smallest absolute Gasteiger partial charge is 0.160 e. The zero-order valence-corrected chi connectivity index (χ0v) is 24.5. The van der Waals surface area contributed by atoms with E-state index in [9.17, 15) is 0 Å². The molecule has 2 heterocycles. The van der Waals surface area contributed by atoms with Gasteiger partial charge in [-0.05, 0) is 63.4 Å². The quantitative estimate of drug-likeness (QED) is 0.214. The van der Waals surface area contributed by atoms with Crippen LogP contribution in [0.15, 0.2) is 138 Å². The first-order valence-corrected chi connectivity index (χ1v) is 15.1. The molecule has 0 N–H and O–H groups in total. The second-order valence-corrected chi connectivity index (χ2v) is 12.2. The molecule has 0 radical (unpaired) electrons. The van der Waals surface area contributed by atoms with Gasteiger partial charge < -0.3 is 4.42 Å². The highest BCUT2D eigenvalue weighted by molar-refractivity contribution is 6.09. The van der Waals surface area contributed by atoms with Gasteiger partial charge in [0.1, 0.15) is 11.2 Å². The summed E-state index contributed by atoms with van der Waals surface area (Å²) >= 11 is 0. The van der Waals surface area contributed by atoms with Crippen LogP contribution in [0.5, 0.6) is 0 Å². The second-order valence-electron chi connectivity index (χ2n) is 12.2. The lowest BCUT2D eigenvalue weighted by Gasteiger charge is -2.22. The highest BCUT2D eigenvalue weighted by Gasteiger charge is 2.37. The normalized spacial score (nSPS) is 13.4. The van der Waals surface area contributed by atoms with E-state index in [1.165, 1.54) is 33.0 Å². The molecule has 0 atom stereocenters. The van der Waals surface area contributed by atoms with E-state index in [1.807, 2.05) is 30.3 Å². The molecule has 0 saturated heterocycles. The Morgan fingerprint density at radius 3 is 2.02 bits per heavy atom. The molecule has 0 saturated carbocycles. The molecule has 0 unspecified atom stereocenters. The van der Waals surface area contributed by atoms with E-state index in [0.717, 1.165) is 50.0 Å². The fourth-order valence-corrected chi connectivity index (χ4v) is 7.07. The molecule has 0 fully saturated rings. The molecule has 0 aliphatic heterocycles. The SMILES string of the molecule is CC1(C)c2cc3ccccc3cc2-c2c(-c3cc(-c4cccc5c4oc4ccccc45)nc(-c4ccccc4)n3)cccc21. The monoisotopic (exact) mass is 564 g/mol. The van der Waals surface area contributed by atoms with E-state index >= 15 is 0 Å². The second kappa shape index (κ2) is 9.23. The third kappa shape index (κ3) is 3.62. The molecule has 3 nitrogen and oxygen atoms in total. The van der Waals surface area contributed by atoms with Gasteiger partial charge >= 0.3 is 0 Å². The van der Waals surface area contributed by atoms with Gasteiger partial charge in [-0.15, -0.1) is 0 Å². The summed E-state index contributed by atoms with van der Waals surface area (Å²) in [7, 11) is 0. The highest BCUT2D eigenvalue weighted by Crippen LogP contribution is 2.53. The molecule has 0 amide bonds. The summed E-state index contributed by atoms with van der Waals surface area (Å²) in [4.78, 5) is 10.4. The number of aromatic nitrogens is 2. The first-order chi connectivity index (χ1) is 21.6. The maximum absolute atomic E-state index is 6.46. The summed E-state index contributed by atoms with van der Waals surface area (Å²) in [6.07, 6.45) is 0. The number of hydrogen-bond acceptors (Lipinski definition) is 3. The van der Waals surface area contributed by atoms with Gasteiger partial charge in [0.2, 0.25) is 0 Å². The molecule has 1 aliphatic rings. The van der Waals surface area contributed by atoms with Gasteiger partial charge in [-0.3, -0.25) is 0 Å². The summed E-state index contributed by atoms with van der Waals surface area (Å²) in [5.74, 6) is 0.694. The first kappa shape index (κ1) is 25.0. The van der Waals surface area contributed by atoms with Crippen molar-refractivity contribution in [1.29, 1.82) is 0 Å². The lowest BCUT2D eigenvalue weighted by molar-refractivity contribution is 0.661. The number of furan rings is 1. The number of para-hydroxylation sites is 2. The minimum Gasteiger partial charge on any atom is -0.455 e. The average Bonchev–Trinajstić information content (AvgIpc) is 3.56. The third-order valence-electron chi connectivity index (χ3n) is 9.28. The molecule has 1 aliphatic carbocycles. The number of nitrogens with zero attached hydrogens (tertiary/aromatic N) is 2. The van der Waals surface area contributed by atoms with Gasteiger partial charge in [0, 0.05) is 32.9 Å². The first-order valence-electron chi connectivity index (χ1n) is 15.1. The molecular weight excluding hydrogens is 536 g/mol. The van der Waals surface area contributed by atoms with Crippen LogP contribution in [0.2, 0.25) is 0 Å². The van der Waals surface area contributed by atoms with Gasteiger partial charge in [-0.1, -0.05) is 117 Å². The Hall–Kier alpha value is -5.54. The third-order valence-corrected chi connectivity index (χ3v) is 9.28. The van der Waals surface area contributed by atoms with E-state index in [1.54, 1.807) is 0 Å². The highest BCUT2D eigenvalue weighted by atomic mass is 16.3. The predicted octanol–water partition coefficient (Wildman–Crippen LogP) is 10.8. The molecule has 208 valence electrons. The number of benzene rings is 6. The molecule has 8 aromatic rings. The Balaban J connectivity index is 1.33. The molecule has 9 rings (SSSR count). The summed E-state index contributed by atoms with van der Waals surface area (Å²) in [5.41, 5.74) is 11.6. The van der Waals surface area contributed by atoms with E-state index in [0.29, 0.717) is 5.82 Å². The van der Waals surface area contributed by atoms with Crippen LogP contribution in [0.4, 0.5) is 0 Å². The van der Waals surface area contributed by atoms with Crippen molar-refractivity contribution in [3.8, 4) is 45.0 Å². The van der Waals surface area contributed by atoms with Crippen LogP contribution in [-0.2, 0) is 5.41 Å². The minimum atomic E-state index is -0.136. The summed E-state index contributed by atoms with van der Waals surface area (Å²) in [6.45, 7) is 4.67. The van der Waals surface area contributed by atoms with E-state index in [2.05, 4.69) is 117 Å². The van der Waals surface area contributed by atoms with Crippen molar-refractivity contribution in [3.05, 3.63) is 145 Å².